The van der Waals surface area contributed by atoms with Crippen LogP contribution in [-0.4, -0.2) is 30.3 Å². The SMILES string of the molecule is CC(N)C(C)c1nc(N(C)C)no1. The van der Waals surface area contributed by atoms with Gasteiger partial charge in [0, 0.05) is 20.1 Å². The van der Waals surface area contributed by atoms with Gasteiger partial charge in [0.1, 0.15) is 0 Å². The molecule has 0 aliphatic heterocycles. The first-order valence-corrected chi connectivity index (χ1v) is 4.29. The van der Waals surface area contributed by atoms with Crippen LogP contribution in [0, 0.1) is 0 Å². The average Bonchev–Trinajstić information content (AvgIpc) is 2.50. The third-order valence-corrected chi connectivity index (χ3v) is 2.01. The van der Waals surface area contributed by atoms with Crippen LogP contribution in [0.1, 0.15) is 25.7 Å². The van der Waals surface area contributed by atoms with E-state index in [1.54, 1.807) is 4.90 Å². The zero-order valence-corrected chi connectivity index (χ0v) is 8.48. The summed E-state index contributed by atoms with van der Waals surface area (Å²) in [6.45, 7) is 3.89. The van der Waals surface area contributed by atoms with Crippen molar-refractivity contribution < 1.29 is 4.52 Å². The third kappa shape index (κ3) is 2.18. The Balaban J connectivity index is 2.79. The Kier molecular flexibility index (Phi) is 2.87. The molecule has 0 aliphatic carbocycles. The Morgan fingerprint density at radius 1 is 1.38 bits per heavy atom. The topological polar surface area (TPSA) is 68.2 Å². The van der Waals surface area contributed by atoms with Gasteiger partial charge in [-0.3, -0.25) is 0 Å². The Morgan fingerprint density at radius 3 is 2.38 bits per heavy atom. The second-order valence-electron chi connectivity index (χ2n) is 3.47. The summed E-state index contributed by atoms with van der Waals surface area (Å²) in [5.41, 5.74) is 5.71. The fraction of sp³-hybridized carbons (Fsp3) is 0.750. The molecule has 13 heavy (non-hydrogen) atoms. The summed E-state index contributed by atoms with van der Waals surface area (Å²) in [6, 6.07) is 0.0236. The van der Waals surface area contributed by atoms with Gasteiger partial charge in [0.15, 0.2) is 0 Å². The van der Waals surface area contributed by atoms with E-state index in [1.807, 2.05) is 27.9 Å². The van der Waals surface area contributed by atoms with Gasteiger partial charge in [-0.15, -0.1) is 0 Å². The molecular weight excluding hydrogens is 168 g/mol. The fourth-order valence-electron chi connectivity index (χ4n) is 0.818. The van der Waals surface area contributed by atoms with Crippen molar-refractivity contribution in [1.29, 1.82) is 0 Å². The third-order valence-electron chi connectivity index (χ3n) is 2.01. The van der Waals surface area contributed by atoms with Crippen LogP contribution < -0.4 is 10.6 Å². The van der Waals surface area contributed by atoms with Crippen LogP contribution in [-0.2, 0) is 0 Å². The molecule has 0 bridgehead atoms. The number of rotatable bonds is 3. The van der Waals surface area contributed by atoms with Crippen LogP contribution in [0.4, 0.5) is 5.95 Å². The van der Waals surface area contributed by atoms with Crippen molar-refractivity contribution in [1.82, 2.24) is 10.1 Å². The van der Waals surface area contributed by atoms with Crippen molar-refractivity contribution in [2.45, 2.75) is 25.8 Å². The molecule has 0 aliphatic rings. The minimum atomic E-state index is 0.0236. The zero-order valence-electron chi connectivity index (χ0n) is 8.48. The number of nitrogens with zero attached hydrogens (tertiary/aromatic N) is 3. The summed E-state index contributed by atoms with van der Waals surface area (Å²) in [7, 11) is 3.73. The molecule has 1 aromatic rings. The van der Waals surface area contributed by atoms with E-state index in [2.05, 4.69) is 10.1 Å². The van der Waals surface area contributed by atoms with Gasteiger partial charge in [0.2, 0.25) is 5.89 Å². The van der Waals surface area contributed by atoms with E-state index in [9.17, 15) is 0 Å². The Morgan fingerprint density at radius 2 is 2.00 bits per heavy atom. The summed E-state index contributed by atoms with van der Waals surface area (Å²) in [4.78, 5) is 5.99. The maximum atomic E-state index is 5.71. The van der Waals surface area contributed by atoms with Crippen molar-refractivity contribution in [2.75, 3.05) is 19.0 Å². The highest BCUT2D eigenvalue weighted by Crippen LogP contribution is 2.17. The summed E-state index contributed by atoms with van der Waals surface area (Å²) >= 11 is 0. The number of hydrogen-bond donors (Lipinski definition) is 1. The summed E-state index contributed by atoms with van der Waals surface area (Å²) in [5.74, 6) is 1.28. The molecule has 0 aromatic carbocycles. The quantitative estimate of drug-likeness (QED) is 0.744. The number of aromatic nitrogens is 2. The molecule has 2 unspecified atom stereocenters. The minimum absolute atomic E-state index is 0.0236. The highest BCUT2D eigenvalue weighted by atomic mass is 16.5. The number of nitrogens with two attached hydrogens (primary N) is 1. The van der Waals surface area contributed by atoms with Crippen LogP contribution in [0.25, 0.3) is 0 Å². The molecule has 2 atom stereocenters. The molecule has 1 rings (SSSR count). The molecule has 1 heterocycles. The van der Waals surface area contributed by atoms with Crippen molar-refractivity contribution in [3.05, 3.63) is 5.89 Å². The van der Waals surface area contributed by atoms with Crippen LogP contribution in [0.15, 0.2) is 4.52 Å². The highest BCUT2D eigenvalue weighted by Gasteiger charge is 2.18. The molecule has 0 amide bonds. The molecule has 0 saturated heterocycles. The molecule has 2 N–H and O–H groups in total. The van der Waals surface area contributed by atoms with Crippen LogP contribution in [0.3, 0.4) is 0 Å². The van der Waals surface area contributed by atoms with Gasteiger partial charge in [-0.25, -0.2) is 0 Å². The molecule has 0 saturated carbocycles. The first-order chi connectivity index (χ1) is 6.02. The monoisotopic (exact) mass is 184 g/mol. The molecule has 5 nitrogen and oxygen atoms in total. The van der Waals surface area contributed by atoms with E-state index >= 15 is 0 Å². The molecular formula is C8H16N4O. The summed E-state index contributed by atoms with van der Waals surface area (Å²) < 4.78 is 5.07. The van der Waals surface area contributed by atoms with E-state index in [0.717, 1.165) is 0 Å². The standard InChI is InChI=1S/C8H16N4O/c1-5(6(2)9)7-10-8(11-13-7)12(3)4/h5-6H,9H2,1-4H3. The number of hydrogen-bond acceptors (Lipinski definition) is 5. The maximum Gasteiger partial charge on any atom is 0.265 e. The molecule has 0 radical (unpaired) electrons. The second kappa shape index (κ2) is 3.74. The van der Waals surface area contributed by atoms with Crippen LogP contribution in [0.2, 0.25) is 0 Å². The van der Waals surface area contributed by atoms with Gasteiger partial charge >= 0.3 is 0 Å². The Bertz CT molecular complexity index is 269. The van der Waals surface area contributed by atoms with Gasteiger partial charge < -0.3 is 15.2 Å². The minimum Gasteiger partial charge on any atom is -0.344 e. The van der Waals surface area contributed by atoms with Gasteiger partial charge in [-0.2, -0.15) is 4.98 Å². The number of anilines is 1. The predicted octanol–water partition coefficient (Wildman–Crippen LogP) is 0.586. The zero-order chi connectivity index (χ0) is 10.0. The first-order valence-electron chi connectivity index (χ1n) is 4.29. The van der Waals surface area contributed by atoms with Crippen LogP contribution in [0.5, 0.6) is 0 Å². The Hall–Kier alpha value is -1.10. The summed E-state index contributed by atoms with van der Waals surface area (Å²) in [5, 5.41) is 3.80. The lowest BCUT2D eigenvalue weighted by atomic mass is 10.1. The van der Waals surface area contributed by atoms with E-state index in [1.165, 1.54) is 0 Å². The van der Waals surface area contributed by atoms with Crippen molar-refractivity contribution in [3.8, 4) is 0 Å². The van der Waals surface area contributed by atoms with Gasteiger partial charge in [-0.05, 0) is 12.1 Å². The molecule has 74 valence electrons. The summed E-state index contributed by atoms with van der Waals surface area (Å²) in [6.07, 6.45) is 0. The highest BCUT2D eigenvalue weighted by molar-refractivity contribution is 5.24. The fourth-order valence-corrected chi connectivity index (χ4v) is 0.818. The molecule has 0 spiro atoms. The maximum absolute atomic E-state index is 5.71. The van der Waals surface area contributed by atoms with Crippen molar-refractivity contribution in [3.63, 3.8) is 0 Å². The van der Waals surface area contributed by atoms with E-state index < -0.39 is 0 Å². The Labute approximate surface area is 77.9 Å². The second-order valence-corrected chi connectivity index (χ2v) is 3.47. The molecule has 5 heteroatoms. The van der Waals surface area contributed by atoms with Crippen molar-refractivity contribution >= 4 is 5.95 Å². The molecule has 1 aromatic heterocycles. The van der Waals surface area contributed by atoms with E-state index in [4.69, 9.17) is 10.3 Å². The van der Waals surface area contributed by atoms with Gasteiger partial charge in [-0.1, -0.05) is 6.92 Å². The largest absolute Gasteiger partial charge is 0.344 e. The normalized spacial score (nSPS) is 15.5. The van der Waals surface area contributed by atoms with Crippen molar-refractivity contribution in [2.24, 2.45) is 5.73 Å². The average molecular weight is 184 g/mol. The van der Waals surface area contributed by atoms with E-state index in [-0.39, 0.29) is 12.0 Å². The first kappa shape index (κ1) is 9.98. The lowest BCUT2D eigenvalue weighted by Gasteiger charge is -2.09. The lowest BCUT2D eigenvalue weighted by Crippen LogP contribution is -2.22. The van der Waals surface area contributed by atoms with Gasteiger partial charge in [0.05, 0.1) is 5.92 Å². The smallest absolute Gasteiger partial charge is 0.265 e. The predicted molar refractivity (Wildman–Crippen MR) is 50.7 cm³/mol. The van der Waals surface area contributed by atoms with Gasteiger partial charge in [0.25, 0.3) is 5.95 Å². The van der Waals surface area contributed by atoms with Crippen LogP contribution >= 0.6 is 0 Å². The molecule has 0 fully saturated rings. The van der Waals surface area contributed by atoms with E-state index in [0.29, 0.717) is 11.8 Å². The lowest BCUT2D eigenvalue weighted by molar-refractivity contribution is 0.346.